The van der Waals surface area contributed by atoms with Gasteiger partial charge in [-0.2, -0.15) is 0 Å². The van der Waals surface area contributed by atoms with E-state index in [9.17, 15) is 9.90 Å². The molecular formula is C16H21NO2. The molecule has 0 radical (unpaired) electrons. The number of aliphatic hydroxyl groups excluding tert-OH is 1. The molecule has 0 aliphatic carbocycles. The van der Waals surface area contributed by atoms with Gasteiger partial charge in [0.25, 0.3) is 0 Å². The first kappa shape index (κ1) is 13.8. The minimum Gasteiger partial charge on any atom is -0.395 e. The van der Waals surface area contributed by atoms with Crippen LogP contribution in [-0.2, 0) is 10.2 Å². The number of rotatable bonds is 6. The highest BCUT2D eigenvalue weighted by molar-refractivity contribution is 6.08. The van der Waals surface area contributed by atoms with E-state index >= 15 is 0 Å². The molecule has 1 N–H and O–H groups in total. The van der Waals surface area contributed by atoms with Gasteiger partial charge in [-0.25, -0.2) is 0 Å². The predicted molar refractivity (Wildman–Crippen MR) is 77.3 cm³/mol. The molecule has 1 aromatic carbocycles. The maximum absolute atomic E-state index is 12.7. The second-order valence-electron chi connectivity index (χ2n) is 5.06. The predicted octanol–water partition coefficient (Wildman–Crippen LogP) is 2.64. The number of aliphatic hydroxyl groups is 1. The Bertz CT molecular complexity index is 483. The lowest BCUT2D eigenvalue weighted by molar-refractivity contribution is -0.124. The van der Waals surface area contributed by atoms with Crippen molar-refractivity contribution in [3.63, 3.8) is 0 Å². The number of fused-ring (bicyclic) bond motifs is 1. The summed E-state index contributed by atoms with van der Waals surface area (Å²) in [5.74, 6) is 0.00421. The molecule has 0 saturated carbocycles. The Hall–Kier alpha value is -1.61. The van der Waals surface area contributed by atoms with Crippen LogP contribution in [0.2, 0.25) is 0 Å². The quantitative estimate of drug-likeness (QED) is 0.798. The average molecular weight is 259 g/mol. The largest absolute Gasteiger partial charge is 0.395 e. The third-order valence-electron chi connectivity index (χ3n) is 3.86. The number of para-hydroxylation sites is 1. The van der Waals surface area contributed by atoms with Crippen molar-refractivity contribution in [3.05, 3.63) is 42.5 Å². The van der Waals surface area contributed by atoms with Crippen molar-refractivity contribution in [2.45, 2.75) is 31.6 Å². The van der Waals surface area contributed by atoms with Crippen molar-refractivity contribution in [1.82, 2.24) is 0 Å². The van der Waals surface area contributed by atoms with Crippen LogP contribution in [0, 0.1) is 0 Å². The Labute approximate surface area is 114 Å². The van der Waals surface area contributed by atoms with Crippen LogP contribution in [0.15, 0.2) is 36.9 Å². The zero-order valence-electron chi connectivity index (χ0n) is 11.4. The van der Waals surface area contributed by atoms with Crippen molar-refractivity contribution in [3.8, 4) is 0 Å². The van der Waals surface area contributed by atoms with E-state index in [1.807, 2.05) is 29.2 Å². The fourth-order valence-corrected chi connectivity index (χ4v) is 2.80. The molecule has 0 spiro atoms. The Kier molecular flexibility index (Phi) is 4.05. The van der Waals surface area contributed by atoms with E-state index in [-0.39, 0.29) is 12.5 Å². The van der Waals surface area contributed by atoms with Crippen LogP contribution in [0.25, 0.3) is 0 Å². The van der Waals surface area contributed by atoms with Gasteiger partial charge in [-0.15, -0.1) is 6.58 Å². The molecule has 1 aliphatic rings. The molecule has 1 atom stereocenters. The van der Waals surface area contributed by atoms with Gasteiger partial charge in [0, 0.05) is 12.2 Å². The van der Waals surface area contributed by atoms with Crippen molar-refractivity contribution in [2.24, 2.45) is 0 Å². The number of carbonyl (C=O) groups excluding carboxylic acids is 1. The topological polar surface area (TPSA) is 40.5 Å². The molecule has 1 unspecified atom stereocenters. The fourth-order valence-electron chi connectivity index (χ4n) is 2.80. The van der Waals surface area contributed by atoms with Gasteiger partial charge in [-0.05, 0) is 24.5 Å². The molecule has 0 aromatic heterocycles. The third kappa shape index (κ3) is 2.08. The minimum absolute atomic E-state index is 0.00421. The van der Waals surface area contributed by atoms with Gasteiger partial charge < -0.3 is 10.0 Å². The van der Waals surface area contributed by atoms with Gasteiger partial charge in [-0.1, -0.05) is 37.6 Å². The summed E-state index contributed by atoms with van der Waals surface area (Å²) in [7, 11) is 0. The summed E-state index contributed by atoms with van der Waals surface area (Å²) in [6.07, 6.45) is 4.20. The molecule has 3 heteroatoms. The van der Waals surface area contributed by atoms with E-state index < -0.39 is 5.41 Å². The molecule has 1 aromatic rings. The second kappa shape index (κ2) is 5.57. The van der Waals surface area contributed by atoms with Crippen LogP contribution in [0.3, 0.4) is 0 Å². The lowest BCUT2D eigenvalue weighted by Gasteiger charge is -2.25. The molecule has 0 fully saturated rings. The van der Waals surface area contributed by atoms with Gasteiger partial charge in [0.2, 0.25) is 5.91 Å². The average Bonchev–Trinajstić information content (AvgIpc) is 2.67. The second-order valence-corrected chi connectivity index (χ2v) is 5.06. The summed E-state index contributed by atoms with van der Waals surface area (Å²) < 4.78 is 0. The van der Waals surface area contributed by atoms with Crippen molar-refractivity contribution >= 4 is 11.6 Å². The zero-order chi connectivity index (χ0) is 13.9. The van der Waals surface area contributed by atoms with Crippen LogP contribution in [-0.4, -0.2) is 24.2 Å². The summed E-state index contributed by atoms with van der Waals surface area (Å²) in [6.45, 7) is 6.38. The highest BCUT2D eigenvalue weighted by Crippen LogP contribution is 2.44. The Morgan fingerprint density at radius 2 is 2.16 bits per heavy atom. The summed E-state index contributed by atoms with van der Waals surface area (Å²) in [4.78, 5) is 14.5. The first-order chi connectivity index (χ1) is 9.21. The van der Waals surface area contributed by atoms with E-state index in [2.05, 4.69) is 13.5 Å². The van der Waals surface area contributed by atoms with Gasteiger partial charge in [0.1, 0.15) is 5.41 Å². The van der Waals surface area contributed by atoms with Crippen LogP contribution >= 0.6 is 0 Å². The molecular weight excluding hydrogens is 238 g/mol. The van der Waals surface area contributed by atoms with E-state index in [0.717, 1.165) is 24.1 Å². The van der Waals surface area contributed by atoms with E-state index in [0.29, 0.717) is 13.0 Å². The molecule has 102 valence electrons. The zero-order valence-corrected chi connectivity index (χ0v) is 11.4. The highest BCUT2D eigenvalue weighted by atomic mass is 16.3. The van der Waals surface area contributed by atoms with Crippen LogP contribution in [0.4, 0.5) is 5.69 Å². The monoisotopic (exact) mass is 259 g/mol. The van der Waals surface area contributed by atoms with Gasteiger partial charge >= 0.3 is 0 Å². The summed E-state index contributed by atoms with van der Waals surface area (Å²) >= 11 is 0. The maximum Gasteiger partial charge on any atom is 0.240 e. The van der Waals surface area contributed by atoms with E-state index in [4.69, 9.17) is 0 Å². The Morgan fingerprint density at radius 1 is 1.42 bits per heavy atom. The molecule has 1 aliphatic heterocycles. The molecule has 0 bridgehead atoms. The SMILES string of the molecule is C=CCC1(CO)C(=O)N(CCCC)c2ccccc21. The molecule has 3 nitrogen and oxygen atoms in total. The van der Waals surface area contributed by atoms with Gasteiger partial charge in [0.05, 0.1) is 6.61 Å². The molecule has 0 saturated heterocycles. The number of anilines is 1. The number of unbranched alkanes of at least 4 members (excludes halogenated alkanes) is 1. The first-order valence-electron chi connectivity index (χ1n) is 6.84. The molecule has 19 heavy (non-hydrogen) atoms. The third-order valence-corrected chi connectivity index (χ3v) is 3.86. The van der Waals surface area contributed by atoms with Crippen LogP contribution < -0.4 is 4.90 Å². The van der Waals surface area contributed by atoms with Crippen molar-refractivity contribution in [2.75, 3.05) is 18.1 Å². The Morgan fingerprint density at radius 3 is 2.79 bits per heavy atom. The number of carbonyl (C=O) groups is 1. The van der Waals surface area contributed by atoms with Gasteiger partial charge in [0.15, 0.2) is 0 Å². The van der Waals surface area contributed by atoms with Crippen molar-refractivity contribution < 1.29 is 9.90 Å². The highest BCUT2D eigenvalue weighted by Gasteiger charge is 2.49. The molecule has 1 heterocycles. The van der Waals surface area contributed by atoms with E-state index in [1.54, 1.807) is 6.08 Å². The number of benzene rings is 1. The summed E-state index contributed by atoms with van der Waals surface area (Å²) in [5, 5.41) is 9.81. The van der Waals surface area contributed by atoms with Crippen LogP contribution in [0.1, 0.15) is 31.7 Å². The summed E-state index contributed by atoms with van der Waals surface area (Å²) in [6, 6.07) is 7.76. The first-order valence-corrected chi connectivity index (χ1v) is 6.84. The lowest BCUT2D eigenvalue weighted by Crippen LogP contribution is -2.43. The number of amides is 1. The molecule has 1 amide bonds. The van der Waals surface area contributed by atoms with Gasteiger partial charge in [-0.3, -0.25) is 4.79 Å². The minimum atomic E-state index is -0.827. The fraction of sp³-hybridized carbons (Fsp3) is 0.438. The van der Waals surface area contributed by atoms with Crippen LogP contribution in [0.5, 0.6) is 0 Å². The standard InChI is InChI=1S/C16H21NO2/c1-3-5-11-17-14-9-7-6-8-13(14)16(12-18,10-4-2)15(17)19/h4,6-9,18H,2-3,5,10-12H2,1H3. The normalized spacial score (nSPS) is 21.6. The Balaban J connectivity index is 2.48. The number of allylic oxidation sites excluding steroid dienone is 1. The molecule has 2 rings (SSSR count). The smallest absolute Gasteiger partial charge is 0.240 e. The number of hydrogen-bond donors (Lipinski definition) is 1. The lowest BCUT2D eigenvalue weighted by atomic mass is 9.79. The number of nitrogens with zero attached hydrogens (tertiary/aromatic N) is 1. The van der Waals surface area contributed by atoms with Crippen molar-refractivity contribution in [1.29, 1.82) is 0 Å². The maximum atomic E-state index is 12.7. The number of hydrogen-bond acceptors (Lipinski definition) is 2. The van der Waals surface area contributed by atoms with E-state index in [1.165, 1.54) is 0 Å². The summed E-state index contributed by atoms with van der Waals surface area (Å²) in [5.41, 5.74) is 1.04.